The molecule has 5 nitrogen and oxygen atoms in total. The molecule has 1 heterocycles. The number of methoxy groups -OCH3 is 1. The zero-order chi connectivity index (χ0) is 12.1. The molecular weight excluding hydrogens is 236 g/mol. The van der Waals surface area contributed by atoms with Crippen molar-refractivity contribution in [2.45, 2.75) is 10.9 Å². The van der Waals surface area contributed by atoms with Crippen LogP contribution in [0, 0.1) is 11.3 Å². The normalized spacial score (nSPS) is 9.88. The lowest BCUT2D eigenvalue weighted by molar-refractivity contribution is 0.411. The van der Waals surface area contributed by atoms with Crippen molar-refractivity contribution < 1.29 is 4.74 Å². The fourth-order valence-corrected chi connectivity index (χ4v) is 2.13. The Labute approximate surface area is 103 Å². The van der Waals surface area contributed by atoms with E-state index in [4.69, 9.17) is 10.00 Å². The highest BCUT2D eigenvalue weighted by Gasteiger charge is 2.06. The fraction of sp³-hybridized carbons (Fsp3) is 0.182. The summed E-state index contributed by atoms with van der Waals surface area (Å²) in [4.78, 5) is 4.02. The largest absolute Gasteiger partial charge is 0.496 e. The minimum atomic E-state index is 0.624. The molecule has 0 saturated carbocycles. The zero-order valence-corrected chi connectivity index (χ0v) is 9.99. The van der Waals surface area contributed by atoms with Gasteiger partial charge in [0, 0.05) is 11.3 Å². The van der Waals surface area contributed by atoms with Crippen molar-refractivity contribution in [1.82, 2.24) is 15.2 Å². The van der Waals surface area contributed by atoms with Crippen molar-refractivity contribution in [3.63, 3.8) is 0 Å². The van der Waals surface area contributed by atoms with Crippen LogP contribution in [0.25, 0.3) is 0 Å². The van der Waals surface area contributed by atoms with Crippen LogP contribution in [0.15, 0.2) is 29.7 Å². The van der Waals surface area contributed by atoms with Crippen LogP contribution in [0.4, 0.5) is 0 Å². The van der Waals surface area contributed by atoms with Crippen molar-refractivity contribution in [2.75, 3.05) is 7.11 Å². The maximum absolute atomic E-state index is 8.85. The van der Waals surface area contributed by atoms with E-state index in [1.165, 1.54) is 18.1 Å². The van der Waals surface area contributed by atoms with Crippen molar-refractivity contribution in [2.24, 2.45) is 0 Å². The summed E-state index contributed by atoms with van der Waals surface area (Å²) >= 11 is 1.51. The van der Waals surface area contributed by atoms with Crippen LogP contribution >= 0.6 is 11.8 Å². The molecule has 6 heteroatoms. The number of hydrogen-bond donors (Lipinski definition) is 1. The molecule has 86 valence electrons. The molecule has 0 fully saturated rings. The van der Waals surface area contributed by atoms with Gasteiger partial charge in [-0.15, -0.1) is 0 Å². The predicted octanol–water partition coefficient (Wildman–Crippen LogP) is 1.98. The van der Waals surface area contributed by atoms with E-state index in [-0.39, 0.29) is 0 Å². The summed E-state index contributed by atoms with van der Waals surface area (Å²) in [5.74, 6) is 1.45. The molecule has 0 aliphatic rings. The van der Waals surface area contributed by atoms with Gasteiger partial charge in [-0.3, -0.25) is 5.10 Å². The van der Waals surface area contributed by atoms with E-state index >= 15 is 0 Å². The molecule has 0 atom stereocenters. The topological polar surface area (TPSA) is 74.6 Å². The number of nitrogens with zero attached hydrogens (tertiary/aromatic N) is 3. The number of nitrogens with one attached hydrogen (secondary N) is 1. The Bertz CT molecular complexity index is 533. The molecule has 0 spiro atoms. The van der Waals surface area contributed by atoms with Crippen molar-refractivity contribution >= 4 is 11.8 Å². The molecule has 1 aromatic heterocycles. The van der Waals surface area contributed by atoms with Gasteiger partial charge < -0.3 is 4.74 Å². The van der Waals surface area contributed by atoms with Gasteiger partial charge in [-0.2, -0.15) is 10.4 Å². The molecular formula is C11H10N4OS. The van der Waals surface area contributed by atoms with Crippen LogP contribution in [-0.2, 0) is 5.75 Å². The number of rotatable bonds is 4. The number of benzene rings is 1. The van der Waals surface area contributed by atoms with E-state index in [2.05, 4.69) is 21.3 Å². The monoisotopic (exact) mass is 246 g/mol. The maximum Gasteiger partial charge on any atom is 0.183 e. The van der Waals surface area contributed by atoms with Gasteiger partial charge in [0.1, 0.15) is 12.1 Å². The van der Waals surface area contributed by atoms with Crippen LogP contribution in [-0.4, -0.2) is 22.3 Å². The average Bonchev–Trinajstić information content (AvgIpc) is 2.89. The SMILES string of the molecule is COc1ccc(C#N)cc1CSc1ncn[nH]1. The summed E-state index contributed by atoms with van der Waals surface area (Å²) in [5.41, 5.74) is 1.59. The van der Waals surface area contributed by atoms with E-state index in [9.17, 15) is 0 Å². The summed E-state index contributed by atoms with van der Waals surface area (Å²) in [6, 6.07) is 7.47. The number of hydrogen-bond acceptors (Lipinski definition) is 5. The Hall–Kier alpha value is -2.00. The van der Waals surface area contributed by atoms with Gasteiger partial charge >= 0.3 is 0 Å². The van der Waals surface area contributed by atoms with Crippen LogP contribution in [0.1, 0.15) is 11.1 Å². The first-order chi connectivity index (χ1) is 8.33. The lowest BCUT2D eigenvalue weighted by atomic mass is 10.1. The molecule has 0 amide bonds. The predicted molar refractivity (Wildman–Crippen MR) is 63.7 cm³/mol. The second-order valence-corrected chi connectivity index (χ2v) is 4.18. The molecule has 2 rings (SSSR count). The second kappa shape index (κ2) is 5.37. The van der Waals surface area contributed by atoms with Gasteiger partial charge in [0.15, 0.2) is 5.16 Å². The first-order valence-electron chi connectivity index (χ1n) is 4.88. The highest BCUT2D eigenvalue weighted by atomic mass is 32.2. The Kier molecular flexibility index (Phi) is 3.62. The lowest BCUT2D eigenvalue weighted by Crippen LogP contribution is -1.92. The minimum Gasteiger partial charge on any atom is -0.496 e. The van der Waals surface area contributed by atoms with E-state index in [0.29, 0.717) is 11.3 Å². The average molecular weight is 246 g/mol. The van der Waals surface area contributed by atoms with E-state index in [0.717, 1.165) is 16.5 Å². The van der Waals surface area contributed by atoms with Gasteiger partial charge in [0.05, 0.1) is 18.7 Å². The van der Waals surface area contributed by atoms with Gasteiger partial charge in [-0.1, -0.05) is 11.8 Å². The summed E-state index contributed by atoms with van der Waals surface area (Å²) < 4.78 is 5.25. The number of H-pyrrole nitrogens is 1. The highest BCUT2D eigenvalue weighted by molar-refractivity contribution is 7.98. The van der Waals surface area contributed by atoms with Crippen molar-refractivity contribution in [3.05, 3.63) is 35.7 Å². The van der Waals surface area contributed by atoms with E-state index < -0.39 is 0 Å². The first kappa shape index (κ1) is 11.5. The van der Waals surface area contributed by atoms with Gasteiger partial charge in [0.25, 0.3) is 0 Å². The number of thioether (sulfide) groups is 1. The molecule has 17 heavy (non-hydrogen) atoms. The Balaban J connectivity index is 2.16. The van der Waals surface area contributed by atoms with Gasteiger partial charge in [-0.05, 0) is 18.2 Å². The Morgan fingerprint density at radius 3 is 3.06 bits per heavy atom. The molecule has 0 aliphatic carbocycles. The first-order valence-corrected chi connectivity index (χ1v) is 5.87. The molecule has 0 saturated heterocycles. The Morgan fingerprint density at radius 1 is 1.53 bits per heavy atom. The van der Waals surface area contributed by atoms with Crippen molar-refractivity contribution in [3.8, 4) is 11.8 Å². The summed E-state index contributed by atoms with van der Waals surface area (Å²) in [6.45, 7) is 0. The summed E-state index contributed by atoms with van der Waals surface area (Å²) in [6.07, 6.45) is 1.46. The van der Waals surface area contributed by atoms with Gasteiger partial charge in [0.2, 0.25) is 0 Å². The summed E-state index contributed by atoms with van der Waals surface area (Å²) in [5, 5.41) is 16.1. The van der Waals surface area contributed by atoms with E-state index in [1.54, 1.807) is 19.2 Å². The molecule has 0 radical (unpaired) electrons. The number of aromatic nitrogens is 3. The molecule has 0 aliphatic heterocycles. The molecule has 1 aromatic carbocycles. The quantitative estimate of drug-likeness (QED) is 0.835. The molecule has 2 aromatic rings. The standard InChI is InChI=1S/C11H10N4OS/c1-16-10-3-2-8(5-12)4-9(10)6-17-11-13-7-14-15-11/h2-4,7H,6H2,1H3,(H,13,14,15). The van der Waals surface area contributed by atoms with Crippen molar-refractivity contribution in [1.29, 1.82) is 5.26 Å². The maximum atomic E-state index is 8.85. The number of nitriles is 1. The van der Waals surface area contributed by atoms with Crippen LogP contribution in [0.2, 0.25) is 0 Å². The lowest BCUT2D eigenvalue weighted by Gasteiger charge is -2.07. The van der Waals surface area contributed by atoms with Crippen LogP contribution in [0.3, 0.4) is 0 Å². The molecule has 0 unspecified atom stereocenters. The fourth-order valence-electron chi connectivity index (χ4n) is 1.37. The van der Waals surface area contributed by atoms with Crippen LogP contribution in [0.5, 0.6) is 5.75 Å². The number of ether oxygens (including phenoxy) is 1. The number of aromatic amines is 1. The second-order valence-electron chi connectivity index (χ2n) is 3.22. The smallest absolute Gasteiger partial charge is 0.183 e. The Morgan fingerprint density at radius 2 is 2.41 bits per heavy atom. The molecule has 0 bridgehead atoms. The third-order valence-corrected chi connectivity index (χ3v) is 3.09. The van der Waals surface area contributed by atoms with E-state index in [1.807, 2.05) is 6.07 Å². The minimum absolute atomic E-state index is 0.624. The highest BCUT2D eigenvalue weighted by Crippen LogP contribution is 2.26. The molecule has 1 N–H and O–H groups in total. The van der Waals surface area contributed by atoms with Crippen LogP contribution < -0.4 is 4.74 Å². The summed E-state index contributed by atoms with van der Waals surface area (Å²) in [7, 11) is 1.62. The third kappa shape index (κ3) is 2.77. The van der Waals surface area contributed by atoms with Gasteiger partial charge in [-0.25, -0.2) is 4.98 Å². The zero-order valence-electron chi connectivity index (χ0n) is 9.17. The third-order valence-electron chi connectivity index (χ3n) is 2.17.